The van der Waals surface area contributed by atoms with E-state index in [1.807, 2.05) is 0 Å². The second-order valence-corrected chi connectivity index (χ2v) is 16.0. The first-order valence-corrected chi connectivity index (χ1v) is 21.9. The summed E-state index contributed by atoms with van der Waals surface area (Å²) in [5, 5.41) is 17.0. The van der Waals surface area contributed by atoms with Crippen LogP contribution in [0.2, 0.25) is 10.0 Å². The number of halogens is 2. The molecule has 0 spiro atoms. The Morgan fingerprint density at radius 1 is 0.645 bits per heavy atom. The summed E-state index contributed by atoms with van der Waals surface area (Å²) < 4.78 is 0. The third-order valence-electron chi connectivity index (χ3n) is 8.06. The Kier molecular flexibility index (Phi) is 22.1. The summed E-state index contributed by atoms with van der Waals surface area (Å²) in [6, 6.07) is 7.25. The molecule has 0 fully saturated rings. The molecular formula is C38H50Cl2N14O6S2. The summed E-state index contributed by atoms with van der Waals surface area (Å²) in [4.78, 5) is 93.0. The van der Waals surface area contributed by atoms with E-state index in [4.69, 9.17) is 46.1 Å². The van der Waals surface area contributed by atoms with Crippen molar-refractivity contribution in [3.63, 3.8) is 0 Å². The van der Waals surface area contributed by atoms with Crippen molar-refractivity contribution in [2.75, 3.05) is 59.0 Å². The van der Waals surface area contributed by atoms with Crippen LogP contribution in [0.1, 0.15) is 72.8 Å². The molecule has 1 aromatic heterocycles. The Labute approximate surface area is 376 Å². The van der Waals surface area contributed by atoms with Crippen LogP contribution >= 0.6 is 46.7 Å². The molecule has 3 rings (SSSR count). The van der Waals surface area contributed by atoms with Gasteiger partial charge in [-0.15, -0.1) is 23.5 Å². The SMILES string of the molecule is CCC(=O)NCCSc1c(NC(=O)CCCCN=C(N)N)cc(Cl)cc1NC(=O)c1cc(C(=O)Nc2cc(Cl)cc(NC(=O)CCCCN=C(N)N)c2SCCNC=O)ncn1. The molecule has 3 aromatic rings. The van der Waals surface area contributed by atoms with Gasteiger partial charge in [0.05, 0.1) is 32.5 Å². The number of unbranched alkanes of at least 4 members (excludes halogenated alkanes) is 2. The van der Waals surface area contributed by atoms with Crippen LogP contribution in [-0.4, -0.2) is 95.5 Å². The van der Waals surface area contributed by atoms with Crippen molar-refractivity contribution >= 4 is 117 Å². The number of nitrogens with one attached hydrogen (secondary N) is 6. The van der Waals surface area contributed by atoms with Crippen LogP contribution in [0.5, 0.6) is 0 Å². The first-order chi connectivity index (χ1) is 29.7. The topological polar surface area (TPSA) is 329 Å². The smallest absolute Gasteiger partial charge is 0.274 e. The lowest BCUT2D eigenvalue weighted by Gasteiger charge is -2.17. The second-order valence-electron chi connectivity index (χ2n) is 13.0. The van der Waals surface area contributed by atoms with Gasteiger partial charge >= 0.3 is 0 Å². The maximum atomic E-state index is 13.7. The van der Waals surface area contributed by atoms with Gasteiger partial charge in [0.1, 0.15) is 17.7 Å². The molecule has 0 radical (unpaired) electrons. The highest BCUT2D eigenvalue weighted by Crippen LogP contribution is 2.39. The quantitative estimate of drug-likeness (QED) is 0.0181. The molecule has 0 saturated carbocycles. The number of guanidine groups is 2. The van der Waals surface area contributed by atoms with Gasteiger partial charge in [0.15, 0.2) is 11.9 Å². The monoisotopic (exact) mass is 932 g/mol. The first-order valence-electron chi connectivity index (χ1n) is 19.2. The number of carbonyl (C=O) groups excluding carboxylic acids is 6. The van der Waals surface area contributed by atoms with Gasteiger partial charge in [-0.05, 0) is 49.9 Å². The van der Waals surface area contributed by atoms with Gasteiger partial charge in [0.25, 0.3) is 11.8 Å². The van der Waals surface area contributed by atoms with E-state index in [0.29, 0.717) is 90.8 Å². The van der Waals surface area contributed by atoms with Crippen LogP contribution in [0.15, 0.2) is 56.4 Å². The van der Waals surface area contributed by atoms with Gasteiger partial charge in [-0.2, -0.15) is 0 Å². The third-order valence-corrected chi connectivity index (χ3v) is 10.8. The molecule has 62 heavy (non-hydrogen) atoms. The summed E-state index contributed by atoms with van der Waals surface area (Å²) in [5.41, 5.74) is 22.2. The van der Waals surface area contributed by atoms with Crippen molar-refractivity contribution in [3.8, 4) is 0 Å². The zero-order valence-electron chi connectivity index (χ0n) is 33.9. The Hall–Kier alpha value is -5.84. The maximum absolute atomic E-state index is 13.7. The minimum atomic E-state index is -0.731. The molecule has 24 heteroatoms. The van der Waals surface area contributed by atoms with E-state index in [0.717, 1.165) is 6.33 Å². The van der Waals surface area contributed by atoms with E-state index in [9.17, 15) is 28.8 Å². The van der Waals surface area contributed by atoms with Crippen LogP contribution in [0.3, 0.4) is 0 Å². The number of aliphatic imine (C=N–C) groups is 2. The predicted molar refractivity (Wildman–Crippen MR) is 246 cm³/mol. The van der Waals surface area contributed by atoms with Crippen molar-refractivity contribution in [3.05, 3.63) is 58.1 Å². The number of hydrogen-bond acceptors (Lipinski definition) is 12. The molecule has 14 N–H and O–H groups in total. The molecule has 2 aromatic carbocycles. The molecule has 20 nitrogen and oxygen atoms in total. The Morgan fingerprint density at radius 2 is 1.08 bits per heavy atom. The molecule has 0 saturated heterocycles. The zero-order valence-corrected chi connectivity index (χ0v) is 37.0. The average molecular weight is 934 g/mol. The number of aromatic nitrogens is 2. The molecule has 0 unspecified atom stereocenters. The van der Waals surface area contributed by atoms with Gasteiger partial charge in [0, 0.05) is 73.1 Å². The summed E-state index contributed by atoms with van der Waals surface area (Å²) in [6.07, 6.45) is 4.36. The number of carbonyl (C=O) groups is 6. The minimum Gasteiger partial charge on any atom is -0.370 e. The number of nitrogens with zero attached hydrogens (tertiary/aromatic N) is 4. The lowest BCUT2D eigenvalue weighted by Crippen LogP contribution is -2.24. The van der Waals surface area contributed by atoms with E-state index in [-0.39, 0.29) is 81.8 Å². The van der Waals surface area contributed by atoms with Crippen molar-refractivity contribution in [1.29, 1.82) is 0 Å². The molecule has 0 aliphatic carbocycles. The number of nitrogens with two attached hydrogens (primary N) is 4. The summed E-state index contributed by atoms with van der Waals surface area (Å²) in [6.45, 7) is 3.05. The summed E-state index contributed by atoms with van der Waals surface area (Å²) in [5.74, 6) is -1.56. The Balaban J connectivity index is 1.86. The van der Waals surface area contributed by atoms with Crippen molar-refractivity contribution in [1.82, 2.24) is 20.6 Å². The fourth-order valence-electron chi connectivity index (χ4n) is 5.22. The van der Waals surface area contributed by atoms with Gasteiger partial charge in [-0.25, -0.2) is 9.97 Å². The highest BCUT2D eigenvalue weighted by Gasteiger charge is 2.21. The summed E-state index contributed by atoms with van der Waals surface area (Å²) >= 11 is 15.4. The molecule has 1 heterocycles. The third kappa shape index (κ3) is 18.4. The fraction of sp³-hybridized carbons (Fsp3) is 0.368. The standard InChI is InChI=1S/C38H50Cl2N14O6S2/c1-2-30(56)46-12-14-62-34-25(52-32(58)8-4-6-10-48-38(43)44)16-23(40)18-27(34)54-36(60)29-19-28(49-20-50-29)35(59)53-26-17-22(39)15-24(33(26)61-13-11-45-21-55)51-31(57)7-3-5-9-47-37(41)42/h15-21H,2-14H2,1H3,(H,45,55)(H,46,56)(H,51,57)(H,52,58)(H,53,59)(H,54,60)(H4,41,42,47)(H4,43,44,48). The van der Waals surface area contributed by atoms with E-state index in [1.54, 1.807) is 13.0 Å². The molecular weight excluding hydrogens is 884 g/mol. The number of rotatable bonds is 26. The van der Waals surface area contributed by atoms with Gasteiger partial charge in [0.2, 0.25) is 24.1 Å². The predicted octanol–water partition coefficient (Wildman–Crippen LogP) is 3.51. The second kappa shape index (κ2) is 27.2. The van der Waals surface area contributed by atoms with Gasteiger partial charge in [-0.3, -0.25) is 38.8 Å². The highest BCUT2D eigenvalue weighted by molar-refractivity contribution is 7.99. The van der Waals surface area contributed by atoms with Crippen LogP contribution in [0.25, 0.3) is 0 Å². The maximum Gasteiger partial charge on any atom is 0.274 e. The zero-order chi connectivity index (χ0) is 45.4. The fourth-order valence-corrected chi connectivity index (χ4v) is 7.55. The van der Waals surface area contributed by atoms with E-state index in [2.05, 4.69) is 51.9 Å². The molecule has 6 amide bonds. The lowest BCUT2D eigenvalue weighted by molar-refractivity contribution is -0.120. The molecule has 0 atom stereocenters. The average Bonchev–Trinajstić information content (AvgIpc) is 3.21. The minimum absolute atomic E-state index is 0.0353. The van der Waals surface area contributed by atoms with Gasteiger partial charge < -0.3 is 54.8 Å². The molecule has 334 valence electrons. The molecule has 0 aliphatic rings. The Morgan fingerprint density at radius 3 is 1.50 bits per heavy atom. The van der Waals surface area contributed by atoms with E-state index in [1.165, 1.54) is 47.8 Å². The van der Waals surface area contributed by atoms with Crippen molar-refractivity contribution < 1.29 is 28.8 Å². The highest BCUT2D eigenvalue weighted by atomic mass is 35.5. The Bertz CT molecular complexity index is 2120. The number of amides is 6. The molecule has 0 aliphatic heterocycles. The van der Waals surface area contributed by atoms with Crippen LogP contribution in [-0.2, 0) is 19.2 Å². The van der Waals surface area contributed by atoms with Crippen molar-refractivity contribution in [2.45, 2.75) is 61.7 Å². The first kappa shape index (κ1) is 50.5. The number of hydrogen-bond donors (Lipinski definition) is 10. The summed E-state index contributed by atoms with van der Waals surface area (Å²) in [7, 11) is 0. The van der Waals surface area contributed by atoms with Crippen LogP contribution < -0.4 is 54.8 Å². The van der Waals surface area contributed by atoms with Crippen molar-refractivity contribution in [2.24, 2.45) is 32.9 Å². The number of benzene rings is 2. The number of anilines is 4. The van der Waals surface area contributed by atoms with Crippen LogP contribution in [0.4, 0.5) is 22.7 Å². The normalized spacial score (nSPS) is 10.5. The largest absolute Gasteiger partial charge is 0.370 e. The molecule has 0 bridgehead atoms. The van der Waals surface area contributed by atoms with E-state index < -0.39 is 11.8 Å². The lowest BCUT2D eigenvalue weighted by atomic mass is 10.2. The van der Waals surface area contributed by atoms with Crippen LogP contribution in [0, 0.1) is 0 Å². The van der Waals surface area contributed by atoms with E-state index >= 15 is 0 Å². The number of thioether (sulfide) groups is 2. The van der Waals surface area contributed by atoms with Gasteiger partial charge in [-0.1, -0.05) is 30.1 Å².